The van der Waals surface area contributed by atoms with Gasteiger partial charge in [0.2, 0.25) is 0 Å². The lowest BCUT2D eigenvalue weighted by molar-refractivity contribution is 0.0649. The summed E-state index contributed by atoms with van der Waals surface area (Å²) in [6, 6.07) is 11.3. The molecular weight excluding hydrogens is 420 g/mol. The highest BCUT2D eigenvalue weighted by Gasteiger charge is 2.39. The van der Waals surface area contributed by atoms with Crippen LogP contribution in [-0.4, -0.2) is 50.2 Å². The van der Waals surface area contributed by atoms with Crippen LogP contribution in [0.5, 0.6) is 0 Å². The average Bonchev–Trinajstić information content (AvgIpc) is 2.74. The Balaban J connectivity index is 1.73. The highest BCUT2D eigenvalue weighted by molar-refractivity contribution is 7.90. The molecule has 0 aromatic heterocycles. The average molecular weight is 434 g/mol. The third-order valence-corrected chi connectivity index (χ3v) is 6.75. The minimum atomic E-state index is -3.44. The highest BCUT2D eigenvalue weighted by atomic mass is 32.2. The maximum Gasteiger partial charge on any atom is 0.265 e. The first-order valence-corrected chi connectivity index (χ1v) is 11.1. The second-order valence-electron chi connectivity index (χ2n) is 7.45. The molecule has 0 spiro atoms. The van der Waals surface area contributed by atoms with E-state index in [1.807, 2.05) is 0 Å². The molecule has 4 amide bonds. The van der Waals surface area contributed by atoms with Gasteiger partial charge in [0.05, 0.1) is 10.6 Å². The Kier molecular flexibility index (Phi) is 3.75. The van der Waals surface area contributed by atoms with Gasteiger partial charge in [0, 0.05) is 46.3 Å². The monoisotopic (exact) mass is 434 g/mol. The Morgan fingerprint density at radius 1 is 0.613 bits per heavy atom. The molecule has 154 valence electrons. The van der Waals surface area contributed by atoms with Crippen molar-refractivity contribution in [2.45, 2.75) is 4.90 Å². The van der Waals surface area contributed by atoms with Crippen molar-refractivity contribution in [3.05, 3.63) is 70.8 Å². The number of anilines is 1. The zero-order chi connectivity index (χ0) is 22.2. The van der Waals surface area contributed by atoms with Gasteiger partial charge in [-0.1, -0.05) is 0 Å². The summed E-state index contributed by atoms with van der Waals surface area (Å²) in [6.45, 7) is 0. The van der Waals surface area contributed by atoms with Gasteiger partial charge >= 0.3 is 0 Å². The predicted octanol–water partition coefficient (Wildman–Crippen LogP) is 2.27. The predicted molar refractivity (Wildman–Crippen MR) is 111 cm³/mol. The number of sulfone groups is 1. The van der Waals surface area contributed by atoms with Gasteiger partial charge in [0.25, 0.3) is 23.6 Å². The molecule has 0 bridgehead atoms. The molecule has 2 aliphatic heterocycles. The summed E-state index contributed by atoms with van der Waals surface area (Å²) in [6.07, 6.45) is 1.06. The van der Waals surface area contributed by atoms with Crippen LogP contribution in [0, 0.1) is 0 Å². The van der Waals surface area contributed by atoms with Gasteiger partial charge in [0.1, 0.15) is 0 Å². The smallest absolute Gasteiger partial charge is 0.265 e. The van der Waals surface area contributed by atoms with Crippen molar-refractivity contribution in [3.8, 4) is 0 Å². The van der Waals surface area contributed by atoms with E-state index in [4.69, 9.17) is 0 Å². The lowest BCUT2D eigenvalue weighted by Gasteiger charge is -2.30. The molecular formula is C22H14N2O6S. The summed E-state index contributed by atoms with van der Waals surface area (Å²) < 4.78 is 23.4. The van der Waals surface area contributed by atoms with Gasteiger partial charge in [-0.2, -0.15) is 0 Å². The standard InChI is InChI=1S/C22H14N2O6S/c1-23-19(25)13-7-9-15-18-16(10-8-14(17(13)18)20(23)26)22(28)24(21(15)27)11-3-5-12(6-4-11)31(2,29)30/h3-10H,1-2H3. The van der Waals surface area contributed by atoms with Crippen molar-refractivity contribution in [2.24, 2.45) is 0 Å². The molecule has 0 atom stereocenters. The van der Waals surface area contributed by atoms with E-state index in [0.717, 1.165) is 16.1 Å². The molecule has 0 N–H and O–H groups in total. The molecule has 3 aromatic rings. The Morgan fingerprint density at radius 2 is 1.00 bits per heavy atom. The van der Waals surface area contributed by atoms with Crippen molar-refractivity contribution in [3.63, 3.8) is 0 Å². The number of benzene rings is 3. The number of imide groups is 2. The van der Waals surface area contributed by atoms with Gasteiger partial charge in [-0.3, -0.25) is 24.1 Å². The van der Waals surface area contributed by atoms with Crippen LogP contribution >= 0.6 is 0 Å². The molecule has 0 saturated heterocycles. The number of carbonyl (C=O) groups is 4. The van der Waals surface area contributed by atoms with Gasteiger partial charge < -0.3 is 0 Å². The van der Waals surface area contributed by atoms with Crippen molar-refractivity contribution in [2.75, 3.05) is 18.2 Å². The summed E-state index contributed by atoms with van der Waals surface area (Å²) in [5.41, 5.74) is 1.10. The lowest BCUT2D eigenvalue weighted by Crippen LogP contribution is -2.42. The van der Waals surface area contributed by atoms with Crippen LogP contribution in [0.25, 0.3) is 10.8 Å². The minimum Gasteiger partial charge on any atom is -0.277 e. The molecule has 0 aliphatic carbocycles. The van der Waals surface area contributed by atoms with E-state index >= 15 is 0 Å². The van der Waals surface area contributed by atoms with Crippen LogP contribution in [0.15, 0.2) is 53.4 Å². The zero-order valence-corrected chi connectivity index (χ0v) is 17.2. The van der Waals surface area contributed by atoms with Crippen molar-refractivity contribution in [1.29, 1.82) is 0 Å². The molecule has 0 radical (unpaired) electrons. The first-order valence-electron chi connectivity index (χ1n) is 9.22. The molecule has 2 aliphatic rings. The molecule has 0 unspecified atom stereocenters. The van der Waals surface area contributed by atoms with E-state index < -0.39 is 33.5 Å². The Hall–Kier alpha value is -3.85. The van der Waals surface area contributed by atoms with Crippen molar-refractivity contribution < 1.29 is 27.6 Å². The second-order valence-corrected chi connectivity index (χ2v) is 9.47. The number of nitrogens with zero attached hydrogens (tertiary/aromatic N) is 2. The molecule has 8 nitrogen and oxygen atoms in total. The largest absolute Gasteiger partial charge is 0.277 e. The Bertz CT molecular complexity index is 1420. The summed E-state index contributed by atoms with van der Waals surface area (Å²) >= 11 is 0. The molecule has 2 heterocycles. The van der Waals surface area contributed by atoms with Crippen LogP contribution in [0.2, 0.25) is 0 Å². The van der Waals surface area contributed by atoms with Gasteiger partial charge in [-0.25, -0.2) is 13.3 Å². The lowest BCUT2D eigenvalue weighted by atomic mass is 9.86. The summed E-state index contributed by atoms with van der Waals surface area (Å²) in [5, 5.41) is 0.584. The summed E-state index contributed by atoms with van der Waals surface area (Å²) in [4.78, 5) is 53.7. The number of amides is 4. The van der Waals surface area contributed by atoms with Crippen molar-refractivity contribution >= 4 is 49.9 Å². The Labute approximate surface area is 176 Å². The number of carbonyl (C=O) groups excluding carboxylic acids is 4. The van der Waals surface area contributed by atoms with E-state index in [1.165, 1.54) is 55.6 Å². The first kappa shape index (κ1) is 19.1. The fourth-order valence-electron chi connectivity index (χ4n) is 4.07. The quantitative estimate of drug-likeness (QED) is 0.573. The van der Waals surface area contributed by atoms with Gasteiger partial charge in [-0.05, 0) is 48.5 Å². The molecule has 0 fully saturated rings. The maximum atomic E-state index is 13.3. The van der Waals surface area contributed by atoms with E-state index in [2.05, 4.69) is 0 Å². The third-order valence-electron chi connectivity index (χ3n) is 5.62. The third kappa shape index (κ3) is 2.50. The number of rotatable bonds is 2. The SMILES string of the molecule is CN1C(=O)c2ccc3c4c(ccc(c24)C1=O)C(=O)N(c1ccc(S(C)(=O)=O)cc1)C3=O. The molecule has 5 rings (SSSR count). The van der Waals surface area contributed by atoms with Crippen LogP contribution in [0.1, 0.15) is 41.4 Å². The fourth-order valence-corrected chi connectivity index (χ4v) is 4.70. The van der Waals surface area contributed by atoms with Gasteiger partial charge in [0.15, 0.2) is 9.84 Å². The molecule has 0 saturated carbocycles. The first-order chi connectivity index (χ1) is 14.6. The van der Waals surface area contributed by atoms with Crippen molar-refractivity contribution in [1.82, 2.24) is 4.90 Å². The zero-order valence-electron chi connectivity index (χ0n) is 16.4. The topological polar surface area (TPSA) is 109 Å². The van der Waals surface area contributed by atoms with E-state index in [9.17, 15) is 27.6 Å². The number of hydrogen-bond donors (Lipinski definition) is 0. The maximum absolute atomic E-state index is 13.3. The van der Waals surface area contributed by atoms with Crippen LogP contribution in [0.3, 0.4) is 0 Å². The van der Waals surface area contributed by atoms with Crippen LogP contribution in [0.4, 0.5) is 5.69 Å². The van der Waals surface area contributed by atoms with Gasteiger partial charge in [-0.15, -0.1) is 0 Å². The normalized spacial score (nSPS) is 15.8. The highest BCUT2D eigenvalue weighted by Crippen LogP contribution is 2.38. The van der Waals surface area contributed by atoms with Crippen LogP contribution in [-0.2, 0) is 9.84 Å². The summed E-state index contributed by atoms with van der Waals surface area (Å²) in [5.74, 6) is -2.24. The fraction of sp³-hybridized carbons (Fsp3) is 0.0909. The molecule has 31 heavy (non-hydrogen) atoms. The van der Waals surface area contributed by atoms with E-state index in [0.29, 0.717) is 5.39 Å². The van der Waals surface area contributed by atoms with Crippen LogP contribution < -0.4 is 4.90 Å². The number of hydrogen-bond acceptors (Lipinski definition) is 6. The minimum absolute atomic E-state index is 0.0632. The van der Waals surface area contributed by atoms with E-state index in [1.54, 1.807) is 0 Å². The summed E-state index contributed by atoms with van der Waals surface area (Å²) in [7, 11) is -2.06. The molecule has 9 heteroatoms. The Morgan fingerprint density at radius 3 is 1.39 bits per heavy atom. The van der Waals surface area contributed by atoms with E-state index in [-0.39, 0.29) is 38.2 Å². The molecule has 3 aromatic carbocycles. The second kappa shape index (κ2) is 6.08.